The van der Waals surface area contributed by atoms with E-state index in [-0.39, 0.29) is 0 Å². The van der Waals surface area contributed by atoms with Gasteiger partial charge in [0.15, 0.2) is 0 Å². The minimum atomic E-state index is -0.801. The zero-order chi connectivity index (χ0) is 20.8. The fraction of sp³-hybridized carbons (Fsp3) is 0.200. The van der Waals surface area contributed by atoms with E-state index in [2.05, 4.69) is 20.8 Å². The van der Waals surface area contributed by atoms with Crippen LogP contribution in [0.25, 0.3) is 10.6 Å². The first-order valence-corrected chi connectivity index (χ1v) is 10.4. The maximum atomic E-state index is 12.8. The maximum Gasteiger partial charge on any atom is 0.249 e. The van der Waals surface area contributed by atoms with Gasteiger partial charge in [0, 0.05) is 17.0 Å². The fourth-order valence-electron chi connectivity index (χ4n) is 2.55. The molecule has 0 radical (unpaired) electrons. The van der Waals surface area contributed by atoms with Crippen LogP contribution in [0.3, 0.4) is 0 Å². The van der Waals surface area contributed by atoms with Crippen LogP contribution in [0.1, 0.15) is 12.5 Å². The minimum Gasteiger partial charge on any atom is -0.343 e. The number of alkyl halides is 1. The summed E-state index contributed by atoms with van der Waals surface area (Å²) in [5.74, 6) is -0.812. The molecule has 0 fully saturated rings. The molecule has 2 amide bonds. The van der Waals surface area contributed by atoms with E-state index in [0.717, 1.165) is 11.1 Å². The van der Waals surface area contributed by atoms with Gasteiger partial charge < -0.3 is 5.32 Å². The van der Waals surface area contributed by atoms with E-state index in [1.165, 1.54) is 11.3 Å². The standard InChI is InChI=1S/C20H18Cl2N4O2S/c1-12(21)17(27)23-16(10-13-6-3-2-4-7-13)18(28)24-20-26-25-19(29-20)14-8-5-9-15(22)11-14/h2-9,11-12,16H,10H2,1H3,(H,23,27)(H,24,26,28). The van der Waals surface area contributed by atoms with Gasteiger partial charge in [-0.1, -0.05) is 65.4 Å². The molecule has 3 aromatic rings. The third-order valence-electron chi connectivity index (χ3n) is 4.00. The molecule has 6 nitrogen and oxygen atoms in total. The smallest absolute Gasteiger partial charge is 0.249 e. The van der Waals surface area contributed by atoms with Crippen molar-refractivity contribution in [1.29, 1.82) is 0 Å². The van der Waals surface area contributed by atoms with Crippen molar-refractivity contribution >= 4 is 51.5 Å². The zero-order valence-corrected chi connectivity index (χ0v) is 17.8. The van der Waals surface area contributed by atoms with Crippen LogP contribution in [0.4, 0.5) is 5.13 Å². The SMILES string of the molecule is CC(Cl)C(=O)NC(Cc1ccccc1)C(=O)Nc1nnc(-c2cccc(Cl)c2)s1. The van der Waals surface area contributed by atoms with Crippen LogP contribution >= 0.6 is 34.5 Å². The van der Waals surface area contributed by atoms with E-state index in [4.69, 9.17) is 23.2 Å². The van der Waals surface area contributed by atoms with Crippen LogP contribution < -0.4 is 10.6 Å². The summed E-state index contributed by atoms with van der Waals surface area (Å²) in [4.78, 5) is 24.9. The Hall–Kier alpha value is -2.48. The largest absolute Gasteiger partial charge is 0.343 e. The fourth-order valence-corrected chi connectivity index (χ4v) is 3.55. The van der Waals surface area contributed by atoms with Crippen molar-refractivity contribution in [2.24, 2.45) is 0 Å². The summed E-state index contributed by atoms with van der Waals surface area (Å²) in [6, 6.07) is 15.8. The molecular weight excluding hydrogens is 431 g/mol. The Balaban J connectivity index is 1.74. The topological polar surface area (TPSA) is 84.0 Å². The van der Waals surface area contributed by atoms with E-state index in [0.29, 0.717) is 21.6 Å². The molecule has 0 aliphatic rings. The predicted molar refractivity (Wildman–Crippen MR) is 116 cm³/mol. The average molecular weight is 449 g/mol. The first-order valence-electron chi connectivity index (χ1n) is 8.81. The molecule has 1 aromatic heterocycles. The van der Waals surface area contributed by atoms with E-state index in [1.54, 1.807) is 19.1 Å². The van der Waals surface area contributed by atoms with Crippen LogP contribution in [0.2, 0.25) is 5.02 Å². The minimum absolute atomic E-state index is 0.321. The molecule has 0 saturated heterocycles. The van der Waals surface area contributed by atoms with Gasteiger partial charge in [-0.25, -0.2) is 0 Å². The zero-order valence-electron chi connectivity index (χ0n) is 15.4. The lowest BCUT2D eigenvalue weighted by molar-refractivity contribution is -0.126. The number of nitrogens with zero attached hydrogens (tertiary/aromatic N) is 2. The number of nitrogens with one attached hydrogen (secondary N) is 2. The van der Waals surface area contributed by atoms with E-state index < -0.39 is 23.2 Å². The van der Waals surface area contributed by atoms with Crippen molar-refractivity contribution in [2.45, 2.75) is 24.8 Å². The summed E-state index contributed by atoms with van der Waals surface area (Å²) in [5, 5.41) is 14.3. The molecule has 29 heavy (non-hydrogen) atoms. The molecular formula is C20H18Cl2N4O2S. The van der Waals surface area contributed by atoms with Gasteiger partial charge in [-0.05, 0) is 24.6 Å². The molecule has 2 unspecified atom stereocenters. The van der Waals surface area contributed by atoms with Crippen molar-refractivity contribution in [1.82, 2.24) is 15.5 Å². The van der Waals surface area contributed by atoms with Crippen LogP contribution in [0.15, 0.2) is 54.6 Å². The number of carbonyl (C=O) groups excluding carboxylic acids is 2. The predicted octanol–water partition coefficient (Wildman–Crippen LogP) is 4.15. The number of carbonyl (C=O) groups is 2. The Morgan fingerprint density at radius 1 is 1.07 bits per heavy atom. The van der Waals surface area contributed by atoms with Gasteiger partial charge in [0.25, 0.3) is 0 Å². The van der Waals surface area contributed by atoms with Crippen molar-refractivity contribution in [3.8, 4) is 10.6 Å². The second-order valence-corrected chi connectivity index (χ2v) is 8.35. The van der Waals surface area contributed by atoms with Crippen LogP contribution in [0, 0.1) is 0 Å². The van der Waals surface area contributed by atoms with Crippen LogP contribution in [-0.2, 0) is 16.0 Å². The number of halogens is 2. The Morgan fingerprint density at radius 2 is 1.83 bits per heavy atom. The molecule has 2 atom stereocenters. The molecule has 150 valence electrons. The van der Waals surface area contributed by atoms with Gasteiger partial charge in [-0.3, -0.25) is 14.9 Å². The number of hydrogen-bond donors (Lipinski definition) is 2. The summed E-state index contributed by atoms with van der Waals surface area (Å²) >= 11 is 13.1. The first kappa shape index (κ1) is 21.2. The highest BCUT2D eigenvalue weighted by Gasteiger charge is 2.24. The summed E-state index contributed by atoms with van der Waals surface area (Å²) in [7, 11) is 0. The lowest BCUT2D eigenvalue weighted by Crippen LogP contribution is -2.47. The lowest BCUT2D eigenvalue weighted by atomic mass is 10.1. The highest BCUT2D eigenvalue weighted by atomic mass is 35.5. The number of aromatic nitrogens is 2. The third-order valence-corrected chi connectivity index (χ3v) is 5.32. The highest BCUT2D eigenvalue weighted by Crippen LogP contribution is 2.28. The first-order chi connectivity index (χ1) is 13.9. The third kappa shape index (κ3) is 6.00. The second-order valence-electron chi connectivity index (χ2n) is 6.28. The van der Waals surface area contributed by atoms with Crippen molar-refractivity contribution < 1.29 is 9.59 Å². The van der Waals surface area contributed by atoms with Gasteiger partial charge in [-0.15, -0.1) is 21.8 Å². The summed E-state index contributed by atoms with van der Waals surface area (Å²) in [6.45, 7) is 1.55. The van der Waals surface area contributed by atoms with Crippen molar-refractivity contribution in [3.63, 3.8) is 0 Å². The molecule has 0 spiro atoms. The van der Waals surface area contributed by atoms with Gasteiger partial charge >= 0.3 is 0 Å². The lowest BCUT2D eigenvalue weighted by Gasteiger charge is -2.18. The van der Waals surface area contributed by atoms with E-state index in [1.807, 2.05) is 42.5 Å². The summed E-state index contributed by atoms with van der Waals surface area (Å²) in [6.07, 6.45) is 0.321. The molecule has 1 heterocycles. The quantitative estimate of drug-likeness (QED) is 0.531. The van der Waals surface area contributed by atoms with E-state index in [9.17, 15) is 9.59 Å². The molecule has 2 aromatic carbocycles. The monoisotopic (exact) mass is 448 g/mol. The summed E-state index contributed by atoms with van der Waals surface area (Å²) < 4.78 is 0. The highest BCUT2D eigenvalue weighted by molar-refractivity contribution is 7.18. The van der Waals surface area contributed by atoms with Gasteiger partial charge in [0.1, 0.15) is 16.4 Å². The molecule has 0 saturated carbocycles. The Morgan fingerprint density at radius 3 is 2.52 bits per heavy atom. The average Bonchev–Trinajstić information content (AvgIpc) is 3.16. The molecule has 0 bridgehead atoms. The Kier molecular flexibility index (Phi) is 7.19. The van der Waals surface area contributed by atoms with Crippen LogP contribution in [-0.4, -0.2) is 33.4 Å². The van der Waals surface area contributed by atoms with Crippen molar-refractivity contribution in [3.05, 3.63) is 65.2 Å². The van der Waals surface area contributed by atoms with Gasteiger partial charge in [0.05, 0.1) is 0 Å². The van der Waals surface area contributed by atoms with Gasteiger partial charge in [-0.2, -0.15) is 0 Å². The van der Waals surface area contributed by atoms with E-state index >= 15 is 0 Å². The number of amides is 2. The molecule has 0 aliphatic heterocycles. The van der Waals surface area contributed by atoms with Crippen molar-refractivity contribution in [2.75, 3.05) is 5.32 Å². The molecule has 0 aliphatic carbocycles. The van der Waals surface area contributed by atoms with Crippen LogP contribution in [0.5, 0.6) is 0 Å². The normalized spacial score (nSPS) is 12.8. The van der Waals surface area contributed by atoms with Gasteiger partial charge in [0.2, 0.25) is 16.9 Å². The summed E-state index contributed by atoms with van der Waals surface area (Å²) in [5.41, 5.74) is 1.72. The number of rotatable bonds is 7. The molecule has 2 N–H and O–H groups in total. The second kappa shape index (κ2) is 9.82. The number of hydrogen-bond acceptors (Lipinski definition) is 5. The molecule has 9 heteroatoms. The Labute approximate surface area is 182 Å². The molecule has 3 rings (SSSR count). The number of benzene rings is 2. The maximum absolute atomic E-state index is 12.8. The number of anilines is 1. The Bertz CT molecular complexity index is 995.